The zero-order valence-corrected chi connectivity index (χ0v) is 19.6. The smallest absolute Gasteiger partial charge is 0.253 e. The van der Waals surface area contributed by atoms with Gasteiger partial charge in [-0.1, -0.05) is 67.6 Å². The minimum absolute atomic E-state index is 0.267. The number of fused-ring (bicyclic) bond motifs is 1. The van der Waals surface area contributed by atoms with Crippen LogP contribution in [0, 0.1) is 0 Å². The highest BCUT2D eigenvalue weighted by Crippen LogP contribution is 2.48. The van der Waals surface area contributed by atoms with Crippen LogP contribution in [0.15, 0.2) is 109 Å². The third kappa shape index (κ3) is 2.40. The van der Waals surface area contributed by atoms with Crippen LogP contribution >= 0.6 is 0 Å². The summed E-state index contributed by atoms with van der Waals surface area (Å²) >= 11 is 0. The molecule has 0 saturated heterocycles. The lowest BCUT2D eigenvalue weighted by molar-refractivity contribution is 1.13. The first-order chi connectivity index (χ1) is 17.3. The molecule has 0 fully saturated rings. The second-order valence-electron chi connectivity index (χ2n) is 9.65. The van der Waals surface area contributed by atoms with Crippen LogP contribution in [-0.4, -0.2) is 6.71 Å². The molecule has 35 heavy (non-hydrogen) atoms. The highest BCUT2D eigenvalue weighted by molar-refractivity contribution is 7.03. The van der Waals surface area contributed by atoms with Crippen molar-refractivity contribution in [2.45, 2.75) is 13.3 Å². The molecule has 0 saturated carbocycles. The van der Waals surface area contributed by atoms with Crippen molar-refractivity contribution in [2.75, 3.05) is 9.80 Å². The van der Waals surface area contributed by atoms with Gasteiger partial charge in [-0.15, -0.1) is 0 Å². The molecule has 0 radical (unpaired) electrons. The van der Waals surface area contributed by atoms with Crippen molar-refractivity contribution in [1.82, 2.24) is 0 Å². The molecule has 164 valence electrons. The fraction of sp³-hybridized carbons (Fsp3) is 0.0625. The summed E-state index contributed by atoms with van der Waals surface area (Å²) in [5.41, 5.74) is 16.1. The van der Waals surface area contributed by atoms with Crippen molar-refractivity contribution in [2.24, 2.45) is 0 Å². The average molecular weight is 446 g/mol. The summed E-state index contributed by atoms with van der Waals surface area (Å²) < 4.78 is 0. The van der Waals surface area contributed by atoms with E-state index in [1.54, 1.807) is 0 Å². The van der Waals surface area contributed by atoms with Crippen LogP contribution in [0.4, 0.5) is 34.1 Å². The van der Waals surface area contributed by atoms with E-state index in [2.05, 4.69) is 126 Å². The molecular weight excluding hydrogens is 423 g/mol. The lowest BCUT2D eigenvalue weighted by Crippen LogP contribution is -2.59. The minimum atomic E-state index is 0.267. The molecule has 0 bridgehead atoms. The summed E-state index contributed by atoms with van der Waals surface area (Å²) in [6.07, 6.45) is 0.996. The highest BCUT2D eigenvalue weighted by atomic mass is 15.2. The molecule has 0 N–H and O–H groups in total. The largest absolute Gasteiger partial charge is 0.311 e. The molecule has 0 atom stereocenters. The molecule has 5 aromatic rings. The average Bonchev–Trinajstić information content (AvgIpc) is 3.26. The van der Waals surface area contributed by atoms with Crippen LogP contribution in [0.1, 0.15) is 12.5 Å². The Hall–Kier alpha value is -4.24. The number of aryl methyl sites for hydroxylation is 1. The van der Waals surface area contributed by atoms with Crippen LogP contribution < -0.4 is 26.2 Å². The standard InChI is InChI=1S/C32H23BN2/c1-2-21-19-28-32-29(20-21)35(23-13-7-4-8-14-23)27-18-10-16-25-24-15-9-17-26(30(24)33(32)31(25)27)34(28)22-11-5-3-6-12-22/h3-20H,2H2,1H3. The Labute approximate surface area is 206 Å². The van der Waals surface area contributed by atoms with E-state index >= 15 is 0 Å². The highest BCUT2D eigenvalue weighted by Gasteiger charge is 2.48. The van der Waals surface area contributed by atoms with E-state index in [1.807, 2.05) is 0 Å². The molecule has 8 rings (SSSR count). The minimum Gasteiger partial charge on any atom is -0.311 e. The molecule has 3 aliphatic rings. The van der Waals surface area contributed by atoms with E-state index in [9.17, 15) is 0 Å². The van der Waals surface area contributed by atoms with Gasteiger partial charge in [0.25, 0.3) is 6.71 Å². The van der Waals surface area contributed by atoms with Crippen molar-refractivity contribution in [3.8, 4) is 11.1 Å². The molecule has 2 nitrogen and oxygen atoms in total. The first-order valence-corrected chi connectivity index (χ1v) is 12.5. The summed E-state index contributed by atoms with van der Waals surface area (Å²) in [5.74, 6) is 0. The first kappa shape index (κ1) is 19.1. The Morgan fingerprint density at radius 1 is 0.514 bits per heavy atom. The first-order valence-electron chi connectivity index (χ1n) is 12.5. The third-order valence-corrected chi connectivity index (χ3v) is 7.92. The Bertz CT molecular complexity index is 1520. The Balaban J connectivity index is 1.55. The lowest BCUT2D eigenvalue weighted by atomic mass is 9.35. The van der Waals surface area contributed by atoms with E-state index < -0.39 is 0 Å². The van der Waals surface area contributed by atoms with Gasteiger partial charge in [0.1, 0.15) is 0 Å². The van der Waals surface area contributed by atoms with Gasteiger partial charge in [-0.3, -0.25) is 0 Å². The normalized spacial score (nSPS) is 13.8. The van der Waals surface area contributed by atoms with Gasteiger partial charge < -0.3 is 9.80 Å². The van der Waals surface area contributed by atoms with Crippen molar-refractivity contribution >= 4 is 57.2 Å². The topological polar surface area (TPSA) is 6.48 Å². The summed E-state index contributed by atoms with van der Waals surface area (Å²) in [6.45, 7) is 2.52. The fourth-order valence-corrected chi connectivity index (χ4v) is 6.53. The predicted octanol–water partition coefficient (Wildman–Crippen LogP) is 6.31. The van der Waals surface area contributed by atoms with Gasteiger partial charge in [-0.05, 0) is 88.0 Å². The maximum atomic E-state index is 2.49. The molecule has 3 aliphatic heterocycles. The van der Waals surface area contributed by atoms with E-state index in [-0.39, 0.29) is 6.71 Å². The summed E-state index contributed by atoms with van der Waals surface area (Å²) in [7, 11) is 0. The molecule has 3 heterocycles. The number of hydrogen-bond acceptors (Lipinski definition) is 2. The SMILES string of the molecule is CCc1cc2c3c(c1)N(c1ccccc1)c1cccc4c1B3c1c-4cccc1N2c1ccccc1. The summed E-state index contributed by atoms with van der Waals surface area (Å²) in [4.78, 5) is 4.99. The quantitative estimate of drug-likeness (QED) is 0.294. The molecular formula is C32H23BN2. The van der Waals surface area contributed by atoms with Gasteiger partial charge in [0.05, 0.1) is 0 Å². The van der Waals surface area contributed by atoms with E-state index in [1.165, 1.54) is 67.2 Å². The van der Waals surface area contributed by atoms with Crippen LogP contribution in [0.25, 0.3) is 11.1 Å². The van der Waals surface area contributed by atoms with E-state index in [4.69, 9.17) is 0 Å². The monoisotopic (exact) mass is 446 g/mol. The van der Waals surface area contributed by atoms with Crippen molar-refractivity contribution < 1.29 is 0 Å². The van der Waals surface area contributed by atoms with E-state index in [0.29, 0.717) is 0 Å². The van der Waals surface area contributed by atoms with Gasteiger partial charge >= 0.3 is 0 Å². The molecule has 3 heteroatoms. The van der Waals surface area contributed by atoms with Gasteiger partial charge in [-0.25, -0.2) is 0 Å². The van der Waals surface area contributed by atoms with E-state index in [0.717, 1.165) is 6.42 Å². The van der Waals surface area contributed by atoms with Crippen molar-refractivity contribution in [3.63, 3.8) is 0 Å². The number of anilines is 6. The molecule has 0 aromatic heterocycles. The number of para-hydroxylation sites is 2. The number of nitrogens with zero attached hydrogens (tertiary/aromatic N) is 2. The molecule has 0 aliphatic carbocycles. The van der Waals surface area contributed by atoms with Crippen LogP contribution in [0.5, 0.6) is 0 Å². The Kier molecular flexibility index (Phi) is 3.76. The summed E-state index contributed by atoms with van der Waals surface area (Å²) in [6, 6.07) is 40.3. The third-order valence-electron chi connectivity index (χ3n) is 7.92. The predicted molar refractivity (Wildman–Crippen MR) is 149 cm³/mol. The maximum Gasteiger partial charge on any atom is 0.253 e. The number of rotatable bonds is 3. The van der Waals surface area contributed by atoms with Crippen LogP contribution in [0.3, 0.4) is 0 Å². The van der Waals surface area contributed by atoms with Gasteiger partial charge in [0.15, 0.2) is 0 Å². The zero-order chi connectivity index (χ0) is 23.1. The Morgan fingerprint density at radius 2 is 1.00 bits per heavy atom. The van der Waals surface area contributed by atoms with Crippen molar-refractivity contribution in [3.05, 3.63) is 115 Å². The van der Waals surface area contributed by atoms with Gasteiger partial charge in [0, 0.05) is 34.1 Å². The second kappa shape index (κ2) is 6.90. The second-order valence-corrected chi connectivity index (χ2v) is 9.65. The van der Waals surface area contributed by atoms with Gasteiger partial charge in [-0.2, -0.15) is 0 Å². The van der Waals surface area contributed by atoms with Crippen LogP contribution in [-0.2, 0) is 6.42 Å². The van der Waals surface area contributed by atoms with Crippen molar-refractivity contribution in [1.29, 1.82) is 0 Å². The fourth-order valence-electron chi connectivity index (χ4n) is 6.53. The number of hydrogen-bond donors (Lipinski definition) is 0. The molecule has 0 amide bonds. The lowest BCUT2D eigenvalue weighted by Gasteiger charge is -2.43. The zero-order valence-electron chi connectivity index (χ0n) is 19.6. The maximum absolute atomic E-state index is 2.49. The molecule has 5 aromatic carbocycles. The number of benzene rings is 5. The molecule has 0 spiro atoms. The molecule has 0 unspecified atom stereocenters. The Morgan fingerprint density at radius 3 is 1.46 bits per heavy atom. The summed E-state index contributed by atoms with van der Waals surface area (Å²) in [5, 5.41) is 0. The van der Waals surface area contributed by atoms with Gasteiger partial charge in [0.2, 0.25) is 0 Å². The van der Waals surface area contributed by atoms with Crippen LogP contribution in [0.2, 0.25) is 0 Å².